The number of nitrogens with zero attached hydrogens (tertiary/aromatic N) is 2. The number of nitrogens with one attached hydrogen (secondary N) is 1. The maximum atomic E-state index is 12.8. The summed E-state index contributed by atoms with van der Waals surface area (Å²) in [4.78, 5) is 40.5. The summed E-state index contributed by atoms with van der Waals surface area (Å²) in [6.45, 7) is 7.99. The molecule has 0 spiro atoms. The molecule has 162 valence electrons. The number of hydrogen-bond donors (Lipinski definition) is 1. The number of benzene rings is 1. The van der Waals surface area contributed by atoms with Crippen LogP contribution in [0.15, 0.2) is 18.2 Å². The van der Waals surface area contributed by atoms with Crippen molar-refractivity contribution < 1.29 is 19.1 Å². The summed E-state index contributed by atoms with van der Waals surface area (Å²) in [7, 11) is 0. The number of carbonyl (C=O) groups excluding carboxylic acids is 3. The lowest BCUT2D eigenvalue weighted by molar-refractivity contribution is -0.136. The zero-order chi connectivity index (χ0) is 21.3. The van der Waals surface area contributed by atoms with E-state index in [0.717, 1.165) is 43.8 Å². The van der Waals surface area contributed by atoms with Gasteiger partial charge in [-0.2, -0.15) is 0 Å². The first-order valence-electron chi connectivity index (χ1n) is 11.1. The fourth-order valence-electron chi connectivity index (χ4n) is 4.77. The van der Waals surface area contributed by atoms with Gasteiger partial charge in [0.05, 0.1) is 0 Å². The molecule has 2 saturated heterocycles. The van der Waals surface area contributed by atoms with Crippen molar-refractivity contribution in [1.29, 1.82) is 0 Å². The van der Waals surface area contributed by atoms with E-state index in [9.17, 15) is 14.4 Å². The molecule has 3 heterocycles. The first-order chi connectivity index (χ1) is 14.4. The van der Waals surface area contributed by atoms with Gasteiger partial charge in [0, 0.05) is 31.6 Å². The van der Waals surface area contributed by atoms with Crippen molar-refractivity contribution in [1.82, 2.24) is 15.1 Å². The first kappa shape index (κ1) is 20.8. The quantitative estimate of drug-likeness (QED) is 0.750. The van der Waals surface area contributed by atoms with Crippen LogP contribution in [0.25, 0.3) is 0 Å². The molecule has 0 radical (unpaired) electrons. The second-order valence-electron chi connectivity index (χ2n) is 9.11. The van der Waals surface area contributed by atoms with Crippen molar-refractivity contribution in [2.45, 2.75) is 64.6 Å². The van der Waals surface area contributed by atoms with Crippen LogP contribution in [0.1, 0.15) is 61.9 Å². The van der Waals surface area contributed by atoms with Crippen LogP contribution >= 0.6 is 0 Å². The highest BCUT2D eigenvalue weighted by molar-refractivity contribution is 6.05. The van der Waals surface area contributed by atoms with Crippen molar-refractivity contribution >= 4 is 17.7 Å². The monoisotopic (exact) mass is 413 g/mol. The highest BCUT2D eigenvalue weighted by Crippen LogP contribution is 2.31. The maximum Gasteiger partial charge on any atom is 0.255 e. The Bertz CT molecular complexity index is 838. The fraction of sp³-hybridized carbons (Fsp3) is 0.609. The van der Waals surface area contributed by atoms with Gasteiger partial charge in [-0.3, -0.25) is 24.6 Å². The smallest absolute Gasteiger partial charge is 0.255 e. The minimum absolute atomic E-state index is 0.146. The molecular weight excluding hydrogens is 382 g/mol. The molecule has 3 aliphatic heterocycles. The summed E-state index contributed by atoms with van der Waals surface area (Å²) in [5.41, 5.74) is 1.50. The van der Waals surface area contributed by atoms with Gasteiger partial charge in [-0.25, -0.2) is 0 Å². The molecule has 3 aliphatic rings. The van der Waals surface area contributed by atoms with E-state index in [2.05, 4.69) is 24.1 Å². The predicted octanol–water partition coefficient (Wildman–Crippen LogP) is 2.34. The molecule has 7 nitrogen and oxygen atoms in total. The van der Waals surface area contributed by atoms with Crippen LogP contribution in [0.2, 0.25) is 0 Å². The maximum absolute atomic E-state index is 12.8. The van der Waals surface area contributed by atoms with Crippen molar-refractivity contribution in [3.63, 3.8) is 0 Å². The molecule has 0 saturated carbocycles. The SMILES string of the molecule is CC(C)CN1CCCC[C@@H](Oc2ccc3c(c2)CN(C2CCC(=O)NC2=O)C3=O)C1. The molecule has 30 heavy (non-hydrogen) atoms. The molecule has 0 aliphatic carbocycles. The molecule has 1 unspecified atom stereocenters. The lowest BCUT2D eigenvalue weighted by atomic mass is 10.0. The van der Waals surface area contributed by atoms with E-state index < -0.39 is 6.04 Å². The number of hydrogen-bond acceptors (Lipinski definition) is 5. The Labute approximate surface area is 177 Å². The molecule has 1 aromatic carbocycles. The highest BCUT2D eigenvalue weighted by Gasteiger charge is 2.39. The summed E-state index contributed by atoms with van der Waals surface area (Å²) in [6, 6.07) is 5.03. The minimum Gasteiger partial charge on any atom is -0.489 e. The van der Waals surface area contributed by atoms with Crippen molar-refractivity contribution in [2.75, 3.05) is 19.6 Å². The van der Waals surface area contributed by atoms with E-state index >= 15 is 0 Å². The molecule has 4 rings (SSSR count). The fourth-order valence-corrected chi connectivity index (χ4v) is 4.77. The summed E-state index contributed by atoms with van der Waals surface area (Å²) in [5.74, 6) is 0.610. The van der Waals surface area contributed by atoms with Crippen LogP contribution in [0.4, 0.5) is 0 Å². The molecule has 0 aromatic heterocycles. The Morgan fingerprint density at radius 2 is 2.00 bits per heavy atom. The lowest BCUT2D eigenvalue weighted by Gasteiger charge is -2.29. The van der Waals surface area contributed by atoms with Gasteiger partial charge in [0.2, 0.25) is 11.8 Å². The largest absolute Gasteiger partial charge is 0.489 e. The van der Waals surface area contributed by atoms with E-state index in [1.54, 1.807) is 4.90 Å². The van der Waals surface area contributed by atoms with Crippen LogP contribution in [0, 0.1) is 5.92 Å². The number of piperidine rings is 1. The summed E-state index contributed by atoms with van der Waals surface area (Å²) in [5, 5.41) is 2.34. The van der Waals surface area contributed by atoms with Crippen LogP contribution < -0.4 is 10.1 Å². The number of rotatable bonds is 5. The third-order valence-corrected chi connectivity index (χ3v) is 6.13. The molecule has 1 aromatic rings. The van der Waals surface area contributed by atoms with E-state index in [1.807, 2.05) is 18.2 Å². The van der Waals surface area contributed by atoms with Crippen LogP contribution in [-0.4, -0.2) is 59.3 Å². The Balaban J connectivity index is 1.43. The number of likely N-dealkylation sites (tertiary alicyclic amines) is 1. The number of fused-ring (bicyclic) bond motifs is 1. The number of ether oxygens (including phenoxy) is 1. The van der Waals surface area contributed by atoms with Crippen LogP contribution in [-0.2, 0) is 16.1 Å². The third kappa shape index (κ3) is 4.51. The van der Waals surface area contributed by atoms with E-state index in [4.69, 9.17) is 4.74 Å². The average Bonchev–Trinajstić information content (AvgIpc) is 2.84. The van der Waals surface area contributed by atoms with Crippen LogP contribution in [0.5, 0.6) is 5.75 Å². The van der Waals surface area contributed by atoms with Gasteiger partial charge >= 0.3 is 0 Å². The van der Waals surface area contributed by atoms with Gasteiger partial charge < -0.3 is 9.64 Å². The van der Waals surface area contributed by atoms with Crippen molar-refractivity contribution in [3.8, 4) is 5.75 Å². The second-order valence-corrected chi connectivity index (χ2v) is 9.11. The van der Waals surface area contributed by atoms with Crippen molar-refractivity contribution in [3.05, 3.63) is 29.3 Å². The van der Waals surface area contributed by atoms with Gasteiger partial charge in [0.1, 0.15) is 17.9 Å². The molecule has 0 bridgehead atoms. The Morgan fingerprint density at radius 3 is 2.77 bits per heavy atom. The molecule has 7 heteroatoms. The summed E-state index contributed by atoms with van der Waals surface area (Å²) in [6.07, 6.45) is 4.18. The van der Waals surface area contributed by atoms with Gasteiger partial charge in [0.25, 0.3) is 5.91 Å². The topological polar surface area (TPSA) is 79.0 Å². The lowest BCUT2D eigenvalue weighted by Crippen LogP contribution is -2.52. The molecular formula is C23H31N3O4. The predicted molar refractivity (Wildman–Crippen MR) is 112 cm³/mol. The number of amides is 3. The zero-order valence-electron chi connectivity index (χ0n) is 17.9. The minimum atomic E-state index is -0.585. The average molecular weight is 414 g/mol. The zero-order valence-corrected chi connectivity index (χ0v) is 17.9. The highest BCUT2D eigenvalue weighted by atomic mass is 16.5. The number of imide groups is 1. The standard InChI is InChI=1S/C23H31N3O4/c1-15(2)12-25-10-4-3-5-18(14-25)30-17-6-7-19-16(11-17)13-26(23(19)29)20-8-9-21(27)24-22(20)28/h6-7,11,15,18,20H,3-5,8-10,12-14H2,1-2H3,(H,24,27,28)/t18-,20?/m1/s1. The second kappa shape index (κ2) is 8.76. The molecule has 3 amide bonds. The Morgan fingerprint density at radius 1 is 1.17 bits per heavy atom. The Kier molecular flexibility index (Phi) is 6.09. The van der Waals surface area contributed by atoms with Gasteiger partial charge in [-0.15, -0.1) is 0 Å². The van der Waals surface area contributed by atoms with E-state index in [0.29, 0.717) is 24.4 Å². The van der Waals surface area contributed by atoms with Gasteiger partial charge in [-0.1, -0.05) is 13.8 Å². The summed E-state index contributed by atoms with van der Waals surface area (Å²) < 4.78 is 6.33. The van der Waals surface area contributed by atoms with Gasteiger partial charge in [-0.05, 0) is 61.9 Å². The van der Waals surface area contributed by atoms with E-state index in [1.165, 1.54) is 6.42 Å². The normalized spacial score (nSPS) is 25.3. The summed E-state index contributed by atoms with van der Waals surface area (Å²) >= 11 is 0. The van der Waals surface area contributed by atoms with Crippen LogP contribution in [0.3, 0.4) is 0 Å². The molecule has 1 N–H and O–H groups in total. The first-order valence-corrected chi connectivity index (χ1v) is 11.1. The Hall–Kier alpha value is -2.41. The number of carbonyl (C=O) groups is 3. The van der Waals surface area contributed by atoms with E-state index in [-0.39, 0.29) is 30.2 Å². The molecule has 2 atom stereocenters. The third-order valence-electron chi connectivity index (χ3n) is 6.13. The van der Waals surface area contributed by atoms with Crippen molar-refractivity contribution in [2.24, 2.45) is 5.92 Å². The van der Waals surface area contributed by atoms with Gasteiger partial charge in [0.15, 0.2) is 0 Å². The molecule has 2 fully saturated rings.